The van der Waals surface area contributed by atoms with E-state index >= 15 is 0 Å². The maximum absolute atomic E-state index is 10.9. The van der Waals surface area contributed by atoms with Gasteiger partial charge in [-0.05, 0) is 25.1 Å². The lowest BCUT2D eigenvalue weighted by Gasteiger charge is -2.00. The van der Waals surface area contributed by atoms with Gasteiger partial charge in [0.25, 0.3) is 0 Å². The molecule has 3 nitrogen and oxygen atoms in total. The van der Waals surface area contributed by atoms with E-state index in [9.17, 15) is 4.79 Å². The minimum atomic E-state index is -0.121. The van der Waals surface area contributed by atoms with Crippen LogP contribution in [0.15, 0.2) is 18.2 Å². The quantitative estimate of drug-likeness (QED) is 0.498. The number of nitriles is 1. The van der Waals surface area contributed by atoms with Crippen molar-refractivity contribution in [3.05, 3.63) is 29.3 Å². The number of carbonyl (C=O) groups excluding carboxylic acids is 1. The van der Waals surface area contributed by atoms with Gasteiger partial charge < -0.3 is 5.73 Å². The van der Waals surface area contributed by atoms with Crippen LogP contribution in [-0.4, -0.2) is 5.78 Å². The van der Waals surface area contributed by atoms with Gasteiger partial charge in [-0.2, -0.15) is 5.26 Å². The summed E-state index contributed by atoms with van der Waals surface area (Å²) in [6.45, 7) is 1.42. The molecule has 0 bridgehead atoms. The summed E-state index contributed by atoms with van der Waals surface area (Å²) in [4.78, 5) is 10.9. The Labute approximate surface area is 70.4 Å². The lowest BCUT2D eigenvalue weighted by Crippen LogP contribution is -1.99. The summed E-state index contributed by atoms with van der Waals surface area (Å²) in [5.41, 5.74) is 6.80. The Morgan fingerprint density at radius 2 is 2.25 bits per heavy atom. The highest BCUT2D eigenvalue weighted by atomic mass is 16.1. The monoisotopic (exact) mass is 160 g/mol. The maximum atomic E-state index is 10.9. The zero-order chi connectivity index (χ0) is 9.14. The van der Waals surface area contributed by atoms with Crippen LogP contribution >= 0.6 is 0 Å². The van der Waals surface area contributed by atoms with Gasteiger partial charge >= 0.3 is 0 Å². The Hall–Kier alpha value is -1.82. The number of nitrogen functional groups attached to an aromatic ring is 1. The van der Waals surface area contributed by atoms with Crippen molar-refractivity contribution < 1.29 is 4.79 Å². The molecule has 0 amide bonds. The minimum absolute atomic E-state index is 0.121. The van der Waals surface area contributed by atoms with Crippen molar-refractivity contribution in [2.24, 2.45) is 0 Å². The van der Waals surface area contributed by atoms with E-state index in [1.807, 2.05) is 6.07 Å². The second-order valence-electron chi connectivity index (χ2n) is 2.47. The van der Waals surface area contributed by atoms with E-state index in [2.05, 4.69) is 0 Å². The van der Waals surface area contributed by atoms with Crippen LogP contribution in [0.2, 0.25) is 0 Å². The predicted molar refractivity (Wildman–Crippen MR) is 45.6 cm³/mol. The first-order chi connectivity index (χ1) is 5.65. The van der Waals surface area contributed by atoms with Crippen LogP contribution in [0.5, 0.6) is 0 Å². The molecule has 0 heterocycles. The van der Waals surface area contributed by atoms with Crippen molar-refractivity contribution in [3.8, 4) is 6.07 Å². The van der Waals surface area contributed by atoms with E-state index in [0.717, 1.165) is 0 Å². The van der Waals surface area contributed by atoms with Crippen LogP contribution in [0.4, 0.5) is 5.69 Å². The molecular formula is C9H8N2O. The van der Waals surface area contributed by atoms with Crippen LogP contribution in [-0.2, 0) is 0 Å². The second-order valence-corrected chi connectivity index (χ2v) is 2.47. The average Bonchev–Trinajstić information content (AvgIpc) is 2.05. The summed E-state index contributed by atoms with van der Waals surface area (Å²) in [5.74, 6) is -0.121. The molecule has 0 atom stereocenters. The lowest BCUT2D eigenvalue weighted by atomic mass is 10.1. The average molecular weight is 160 g/mol. The van der Waals surface area contributed by atoms with Gasteiger partial charge in [-0.25, -0.2) is 0 Å². The molecule has 60 valence electrons. The number of nitrogens with two attached hydrogens (primary N) is 1. The molecule has 0 unspecified atom stereocenters. The number of anilines is 1. The first kappa shape index (κ1) is 8.28. The van der Waals surface area contributed by atoms with E-state index in [1.165, 1.54) is 13.0 Å². The number of rotatable bonds is 1. The summed E-state index contributed by atoms with van der Waals surface area (Å²) in [7, 11) is 0. The normalized spacial score (nSPS) is 9.00. The number of carbonyl (C=O) groups is 1. The highest BCUT2D eigenvalue weighted by Gasteiger charge is 2.04. The van der Waals surface area contributed by atoms with Gasteiger partial charge in [0.1, 0.15) is 0 Å². The smallest absolute Gasteiger partial charge is 0.161 e. The van der Waals surface area contributed by atoms with Crippen molar-refractivity contribution in [1.82, 2.24) is 0 Å². The number of hydrogen-bond acceptors (Lipinski definition) is 3. The Bertz CT molecular complexity index is 363. The first-order valence-corrected chi connectivity index (χ1v) is 3.45. The Kier molecular flexibility index (Phi) is 2.11. The van der Waals surface area contributed by atoms with Crippen molar-refractivity contribution >= 4 is 11.5 Å². The van der Waals surface area contributed by atoms with Crippen LogP contribution in [0.3, 0.4) is 0 Å². The van der Waals surface area contributed by atoms with Gasteiger partial charge in [-0.15, -0.1) is 0 Å². The third kappa shape index (κ3) is 1.43. The van der Waals surface area contributed by atoms with Crippen LogP contribution in [0, 0.1) is 11.3 Å². The van der Waals surface area contributed by atoms with Gasteiger partial charge in [-0.1, -0.05) is 0 Å². The van der Waals surface area contributed by atoms with Crippen molar-refractivity contribution in [2.45, 2.75) is 6.92 Å². The molecule has 2 N–H and O–H groups in total. The molecule has 0 radical (unpaired) electrons. The summed E-state index contributed by atoms with van der Waals surface area (Å²) in [6.07, 6.45) is 0. The highest BCUT2D eigenvalue weighted by molar-refractivity contribution is 5.99. The molecule has 0 aliphatic carbocycles. The molecule has 0 aliphatic heterocycles. The number of Topliss-reactive ketones (excluding diaryl/α,β-unsaturated/α-hetero) is 1. The van der Waals surface area contributed by atoms with Gasteiger partial charge in [0.05, 0.1) is 11.6 Å². The molecule has 0 fully saturated rings. The summed E-state index contributed by atoms with van der Waals surface area (Å²) in [6, 6.07) is 6.59. The minimum Gasteiger partial charge on any atom is -0.398 e. The van der Waals surface area contributed by atoms with Crippen molar-refractivity contribution in [1.29, 1.82) is 5.26 Å². The van der Waals surface area contributed by atoms with Crippen molar-refractivity contribution in [3.63, 3.8) is 0 Å². The first-order valence-electron chi connectivity index (χ1n) is 3.45. The van der Waals surface area contributed by atoms with E-state index in [4.69, 9.17) is 11.0 Å². The molecule has 1 rings (SSSR count). The lowest BCUT2D eigenvalue weighted by molar-refractivity contribution is 0.101. The molecule has 0 aromatic heterocycles. The van der Waals surface area contributed by atoms with E-state index in [1.54, 1.807) is 12.1 Å². The molecule has 0 saturated carbocycles. The Morgan fingerprint density at radius 3 is 2.75 bits per heavy atom. The molecule has 0 spiro atoms. The number of benzene rings is 1. The summed E-state index contributed by atoms with van der Waals surface area (Å²) in [5, 5.41) is 8.53. The summed E-state index contributed by atoms with van der Waals surface area (Å²) < 4.78 is 0. The SMILES string of the molecule is CC(=O)c1cc(C#N)ccc1N. The van der Waals surface area contributed by atoms with Crippen LogP contribution in [0.1, 0.15) is 22.8 Å². The third-order valence-corrected chi connectivity index (χ3v) is 1.56. The Morgan fingerprint density at radius 1 is 1.58 bits per heavy atom. The van der Waals surface area contributed by atoms with E-state index in [0.29, 0.717) is 16.8 Å². The highest BCUT2D eigenvalue weighted by Crippen LogP contribution is 2.13. The fourth-order valence-electron chi connectivity index (χ4n) is 0.931. The maximum Gasteiger partial charge on any atom is 0.161 e. The van der Waals surface area contributed by atoms with Gasteiger partial charge in [-0.3, -0.25) is 4.79 Å². The molecule has 1 aromatic rings. The van der Waals surface area contributed by atoms with E-state index < -0.39 is 0 Å². The Balaban J connectivity index is 3.28. The summed E-state index contributed by atoms with van der Waals surface area (Å²) >= 11 is 0. The molecule has 3 heteroatoms. The largest absolute Gasteiger partial charge is 0.398 e. The van der Waals surface area contributed by atoms with E-state index in [-0.39, 0.29) is 5.78 Å². The molecule has 1 aromatic carbocycles. The molecule has 0 aliphatic rings. The van der Waals surface area contributed by atoms with Crippen LogP contribution in [0.25, 0.3) is 0 Å². The zero-order valence-corrected chi connectivity index (χ0v) is 6.66. The number of ketones is 1. The third-order valence-electron chi connectivity index (χ3n) is 1.56. The number of hydrogen-bond donors (Lipinski definition) is 1. The second kappa shape index (κ2) is 3.05. The predicted octanol–water partition coefficient (Wildman–Crippen LogP) is 1.34. The fraction of sp³-hybridized carbons (Fsp3) is 0.111. The fourth-order valence-corrected chi connectivity index (χ4v) is 0.931. The van der Waals surface area contributed by atoms with Gasteiger partial charge in [0.15, 0.2) is 5.78 Å². The van der Waals surface area contributed by atoms with Crippen molar-refractivity contribution in [2.75, 3.05) is 5.73 Å². The molecular weight excluding hydrogens is 152 g/mol. The van der Waals surface area contributed by atoms with Gasteiger partial charge in [0.2, 0.25) is 0 Å². The molecule has 12 heavy (non-hydrogen) atoms. The molecule has 0 saturated heterocycles. The van der Waals surface area contributed by atoms with Crippen LogP contribution < -0.4 is 5.73 Å². The topological polar surface area (TPSA) is 66.9 Å². The zero-order valence-electron chi connectivity index (χ0n) is 6.66. The van der Waals surface area contributed by atoms with Gasteiger partial charge in [0, 0.05) is 11.3 Å². The number of nitrogens with zero attached hydrogens (tertiary/aromatic N) is 1. The standard InChI is InChI=1S/C9H8N2O/c1-6(12)8-4-7(5-10)2-3-9(8)11/h2-4H,11H2,1H3.